The first kappa shape index (κ1) is 14.7. The maximum atomic E-state index is 11.9. The molecule has 1 aliphatic heterocycles. The maximum Gasteiger partial charge on any atom is 0.294 e. The molecule has 1 amide bonds. The van der Waals surface area contributed by atoms with Gasteiger partial charge in [0.25, 0.3) is 5.69 Å². The summed E-state index contributed by atoms with van der Waals surface area (Å²) in [7, 11) is 0. The van der Waals surface area contributed by atoms with Gasteiger partial charge < -0.3 is 5.32 Å². The summed E-state index contributed by atoms with van der Waals surface area (Å²) in [5.41, 5.74) is -0.00842. The van der Waals surface area contributed by atoms with Crippen LogP contribution in [0.4, 0.5) is 11.4 Å². The molecule has 0 spiro atoms. The number of nitro benzene ring substituents is 1. The Kier molecular flexibility index (Phi) is 4.92. The molecule has 0 aliphatic carbocycles. The summed E-state index contributed by atoms with van der Waals surface area (Å²) in [6.07, 6.45) is 3.38. The van der Waals surface area contributed by atoms with E-state index < -0.39 is 4.92 Å². The van der Waals surface area contributed by atoms with Crippen molar-refractivity contribution in [2.75, 3.05) is 25.0 Å². The van der Waals surface area contributed by atoms with Crippen LogP contribution in [0.3, 0.4) is 0 Å². The Balaban J connectivity index is 2.01. The minimum absolute atomic E-state index is 0.182. The fraction of sp³-hybridized carbons (Fsp3) is 0.462. The molecule has 1 fully saturated rings. The van der Waals surface area contributed by atoms with Crippen molar-refractivity contribution in [3.05, 3.63) is 33.3 Å². The van der Waals surface area contributed by atoms with Gasteiger partial charge in [0.2, 0.25) is 5.91 Å². The number of hydrogen-bond donors (Lipinski definition) is 1. The zero-order valence-electron chi connectivity index (χ0n) is 11.0. The Labute approximate surface area is 121 Å². The maximum absolute atomic E-state index is 11.9. The second-order valence-corrected chi connectivity index (χ2v) is 5.24. The van der Waals surface area contributed by atoms with Crippen LogP contribution in [0.5, 0.6) is 0 Å². The van der Waals surface area contributed by atoms with Crippen molar-refractivity contribution in [1.29, 1.82) is 0 Å². The van der Waals surface area contributed by atoms with E-state index in [4.69, 9.17) is 11.6 Å². The largest absolute Gasteiger partial charge is 0.319 e. The van der Waals surface area contributed by atoms with Crippen LogP contribution in [0.1, 0.15) is 19.3 Å². The number of nitro groups is 1. The van der Waals surface area contributed by atoms with Gasteiger partial charge in [0.15, 0.2) is 0 Å². The number of hydrogen-bond acceptors (Lipinski definition) is 4. The van der Waals surface area contributed by atoms with Crippen molar-refractivity contribution in [2.45, 2.75) is 19.3 Å². The average molecular weight is 298 g/mol. The van der Waals surface area contributed by atoms with Crippen molar-refractivity contribution in [3.8, 4) is 0 Å². The van der Waals surface area contributed by atoms with Gasteiger partial charge in [0.1, 0.15) is 5.69 Å². The molecule has 0 bridgehead atoms. The van der Waals surface area contributed by atoms with E-state index in [-0.39, 0.29) is 28.8 Å². The van der Waals surface area contributed by atoms with E-state index in [2.05, 4.69) is 10.2 Å². The summed E-state index contributed by atoms with van der Waals surface area (Å²) >= 11 is 5.73. The quantitative estimate of drug-likeness (QED) is 0.685. The molecular formula is C13H16ClN3O3. The van der Waals surface area contributed by atoms with Gasteiger partial charge in [-0.3, -0.25) is 19.8 Å². The van der Waals surface area contributed by atoms with Crippen LogP contribution in [0.25, 0.3) is 0 Å². The molecule has 6 nitrogen and oxygen atoms in total. The van der Waals surface area contributed by atoms with Gasteiger partial charge in [0, 0.05) is 11.1 Å². The topological polar surface area (TPSA) is 75.5 Å². The van der Waals surface area contributed by atoms with Gasteiger partial charge in [-0.15, -0.1) is 0 Å². The van der Waals surface area contributed by atoms with E-state index in [9.17, 15) is 14.9 Å². The number of benzene rings is 1. The van der Waals surface area contributed by atoms with Gasteiger partial charge >= 0.3 is 0 Å². The second-order valence-electron chi connectivity index (χ2n) is 4.80. The minimum atomic E-state index is -0.553. The molecule has 1 aliphatic rings. The Bertz CT molecular complexity index is 516. The zero-order chi connectivity index (χ0) is 14.5. The number of rotatable bonds is 4. The molecular weight excluding hydrogens is 282 g/mol. The molecule has 0 saturated carbocycles. The van der Waals surface area contributed by atoms with E-state index in [1.54, 1.807) is 0 Å². The lowest BCUT2D eigenvalue weighted by Crippen LogP contribution is -2.36. The number of carbonyl (C=O) groups excluding carboxylic acids is 1. The first-order chi connectivity index (χ1) is 9.56. The third-order valence-electron chi connectivity index (χ3n) is 3.25. The van der Waals surface area contributed by atoms with Crippen LogP contribution in [0.2, 0.25) is 5.02 Å². The van der Waals surface area contributed by atoms with Crippen LogP contribution in [0, 0.1) is 10.1 Å². The van der Waals surface area contributed by atoms with Crippen LogP contribution < -0.4 is 5.32 Å². The van der Waals surface area contributed by atoms with Crippen molar-refractivity contribution < 1.29 is 9.72 Å². The molecule has 1 aromatic carbocycles. The molecule has 2 rings (SSSR count). The average Bonchev–Trinajstić information content (AvgIpc) is 2.41. The molecule has 1 N–H and O–H groups in total. The molecule has 1 aromatic rings. The van der Waals surface area contributed by atoms with Crippen LogP contribution in [0.15, 0.2) is 18.2 Å². The smallest absolute Gasteiger partial charge is 0.294 e. The van der Waals surface area contributed by atoms with Crippen molar-refractivity contribution in [2.24, 2.45) is 0 Å². The lowest BCUT2D eigenvalue weighted by atomic mass is 10.1. The number of carbonyl (C=O) groups is 1. The zero-order valence-corrected chi connectivity index (χ0v) is 11.7. The van der Waals surface area contributed by atoms with Crippen molar-refractivity contribution in [3.63, 3.8) is 0 Å². The van der Waals surface area contributed by atoms with Gasteiger partial charge in [-0.05, 0) is 38.1 Å². The number of nitrogens with zero attached hydrogens (tertiary/aromatic N) is 2. The van der Waals surface area contributed by atoms with E-state index in [1.165, 1.54) is 24.6 Å². The number of amides is 1. The summed E-state index contributed by atoms with van der Waals surface area (Å²) in [5.74, 6) is -0.239. The molecule has 108 valence electrons. The van der Waals surface area contributed by atoms with E-state index >= 15 is 0 Å². The SMILES string of the molecule is O=C(CN1CCCCC1)Nc1ccc(Cl)cc1[N+](=O)[O-]. The summed E-state index contributed by atoms with van der Waals surface area (Å²) < 4.78 is 0. The van der Waals surface area contributed by atoms with E-state index in [0.717, 1.165) is 25.9 Å². The fourth-order valence-electron chi connectivity index (χ4n) is 2.27. The first-order valence-electron chi connectivity index (χ1n) is 6.52. The highest BCUT2D eigenvalue weighted by Gasteiger charge is 2.18. The Morgan fingerprint density at radius 1 is 1.35 bits per heavy atom. The molecule has 0 atom stereocenters. The van der Waals surface area contributed by atoms with Crippen LogP contribution >= 0.6 is 11.6 Å². The Morgan fingerprint density at radius 2 is 2.05 bits per heavy atom. The predicted molar refractivity (Wildman–Crippen MR) is 77.0 cm³/mol. The van der Waals surface area contributed by atoms with Gasteiger partial charge in [-0.25, -0.2) is 0 Å². The Hall–Kier alpha value is -1.66. The van der Waals surface area contributed by atoms with Crippen molar-refractivity contribution in [1.82, 2.24) is 4.90 Å². The number of nitrogens with one attached hydrogen (secondary N) is 1. The monoisotopic (exact) mass is 297 g/mol. The van der Waals surface area contributed by atoms with Gasteiger partial charge in [0.05, 0.1) is 11.5 Å². The summed E-state index contributed by atoms with van der Waals surface area (Å²) in [6.45, 7) is 2.06. The number of halogens is 1. The Morgan fingerprint density at radius 3 is 2.70 bits per heavy atom. The number of likely N-dealkylation sites (tertiary alicyclic amines) is 1. The molecule has 1 saturated heterocycles. The number of anilines is 1. The number of piperidine rings is 1. The molecule has 0 unspecified atom stereocenters. The lowest BCUT2D eigenvalue weighted by molar-refractivity contribution is -0.383. The summed E-state index contributed by atoms with van der Waals surface area (Å²) in [6, 6.07) is 4.21. The van der Waals surface area contributed by atoms with Crippen molar-refractivity contribution >= 4 is 28.9 Å². The third kappa shape index (κ3) is 3.91. The second kappa shape index (κ2) is 6.67. The standard InChI is InChI=1S/C13H16ClN3O3/c14-10-4-5-11(12(8-10)17(19)20)15-13(18)9-16-6-2-1-3-7-16/h4-5,8H,1-3,6-7,9H2,(H,15,18). The third-order valence-corrected chi connectivity index (χ3v) is 3.48. The molecule has 7 heteroatoms. The highest BCUT2D eigenvalue weighted by Crippen LogP contribution is 2.27. The lowest BCUT2D eigenvalue weighted by Gasteiger charge is -2.25. The van der Waals surface area contributed by atoms with Gasteiger partial charge in [-0.1, -0.05) is 18.0 Å². The highest BCUT2D eigenvalue weighted by atomic mass is 35.5. The predicted octanol–water partition coefficient (Wildman–Crippen LogP) is 2.67. The van der Waals surface area contributed by atoms with E-state index in [0.29, 0.717) is 0 Å². The summed E-state index contributed by atoms with van der Waals surface area (Å²) in [5, 5.41) is 13.8. The summed E-state index contributed by atoms with van der Waals surface area (Å²) in [4.78, 5) is 24.4. The van der Waals surface area contributed by atoms with Crippen LogP contribution in [-0.2, 0) is 4.79 Å². The molecule has 20 heavy (non-hydrogen) atoms. The van der Waals surface area contributed by atoms with E-state index in [1.807, 2.05) is 0 Å². The van der Waals surface area contributed by atoms with Crippen LogP contribution in [-0.4, -0.2) is 35.4 Å². The normalized spacial score (nSPS) is 15.8. The fourth-order valence-corrected chi connectivity index (χ4v) is 2.44. The van der Waals surface area contributed by atoms with Gasteiger partial charge in [-0.2, -0.15) is 0 Å². The molecule has 0 aromatic heterocycles. The minimum Gasteiger partial charge on any atom is -0.319 e. The molecule has 0 radical (unpaired) electrons. The molecule has 1 heterocycles. The first-order valence-corrected chi connectivity index (χ1v) is 6.90. The highest BCUT2D eigenvalue weighted by molar-refractivity contribution is 6.31.